The summed E-state index contributed by atoms with van der Waals surface area (Å²) in [5.74, 6) is -0.248. The molecule has 1 aromatic carbocycles. The van der Waals surface area contributed by atoms with E-state index in [4.69, 9.17) is 4.74 Å². The van der Waals surface area contributed by atoms with Crippen LogP contribution in [-0.2, 0) is 9.53 Å². The number of carbonyl (C=O) groups excluding carboxylic acids is 2. The lowest BCUT2D eigenvalue weighted by Gasteiger charge is -2.26. The van der Waals surface area contributed by atoms with Crippen LogP contribution < -0.4 is 10.6 Å². The van der Waals surface area contributed by atoms with Gasteiger partial charge in [-0.2, -0.15) is 0 Å². The maximum absolute atomic E-state index is 12.5. The van der Waals surface area contributed by atoms with Crippen molar-refractivity contribution in [2.45, 2.75) is 64.6 Å². The molecule has 5 nitrogen and oxygen atoms in total. The van der Waals surface area contributed by atoms with Crippen LogP contribution >= 0.6 is 0 Å². The molecule has 0 radical (unpaired) electrons. The number of amides is 2. The highest BCUT2D eigenvalue weighted by Gasteiger charge is 2.23. The molecule has 0 bridgehead atoms. The summed E-state index contributed by atoms with van der Waals surface area (Å²) in [6.07, 6.45) is 6.15. The third-order valence-electron chi connectivity index (χ3n) is 4.55. The molecule has 132 valence electrons. The SMILES string of the molecule is CCC(OC1CCCCC1)C(=O)Nc1ccc(C(=O)NC)cc1C. The molecule has 1 aliphatic carbocycles. The molecule has 5 heteroatoms. The highest BCUT2D eigenvalue weighted by Crippen LogP contribution is 2.23. The normalized spacial score (nSPS) is 16.5. The molecule has 1 aliphatic rings. The molecule has 0 spiro atoms. The maximum Gasteiger partial charge on any atom is 0.253 e. The Labute approximate surface area is 144 Å². The predicted octanol–water partition coefficient (Wildman–Crippen LogP) is 3.42. The lowest BCUT2D eigenvalue weighted by atomic mass is 9.97. The number of benzene rings is 1. The van der Waals surface area contributed by atoms with Crippen LogP contribution in [0.1, 0.15) is 61.4 Å². The fourth-order valence-electron chi connectivity index (χ4n) is 3.08. The molecule has 0 saturated heterocycles. The van der Waals surface area contributed by atoms with E-state index < -0.39 is 6.10 Å². The summed E-state index contributed by atoms with van der Waals surface area (Å²) >= 11 is 0. The van der Waals surface area contributed by atoms with Crippen molar-refractivity contribution in [2.75, 3.05) is 12.4 Å². The molecule has 24 heavy (non-hydrogen) atoms. The van der Waals surface area contributed by atoms with E-state index in [1.165, 1.54) is 19.3 Å². The van der Waals surface area contributed by atoms with E-state index in [2.05, 4.69) is 10.6 Å². The molecule has 2 amide bonds. The lowest BCUT2D eigenvalue weighted by Crippen LogP contribution is -2.34. The number of carbonyl (C=O) groups is 2. The van der Waals surface area contributed by atoms with E-state index in [9.17, 15) is 9.59 Å². The Morgan fingerprint density at radius 1 is 1.25 bits per heavy atom. The van der Waals surface area contributed by atoms with E-state index >= 15 is 0 Å². The molecular weight excluding hydrogens is 304 g/mol. The minimum atomic E-state index is -0.425. The van der Waals surface area contributed by atoms with E-state index in [-0.39, 0.29) is 17.9 Å². The Morgan fingerprint density at radius 3 is 2.54 bits per heavy atom. The zero-order chi connectivity index (χ0) is 17.5. The molecule has 2 N–H and O–H groups in total. The molecule has 0 heterocycles. The first-order valence-corrected chi connectivity index (χ1v) is 8.84. The fourth-order valence-corrected chi connectivity index (χ4v) is 3.08. The number of aryl methyl sites for hydroxylation is 1. The van der Waals surface area contributed by atoms with Crippen LogP contribution in [0.25, 0.3) is 0 Å². The smallest absolute Gasteiger partial charge is 0.253 e. The largest absolute Gasteiger partial charge is 0.365 e. The van der Waals surface area contributed by atoms with Crippen molar-refractivity contribution in [3.63, 3.8) is 0 Å². The summed E-state index contributed by atoms with van der Waals surface area (Å²) < 4.78 is 6.02. The van der Waals surface area contributed by atoms with Crippen LogP contribution in [0, 0.1) is 6.92 Å². The van der Waals surface area contributed by atoms with E-state index in [1.807, 2.05) is 13.8 Å². The Balaban J connectivity index is 2.00. The van der Waals surface area contributed by atoms with Gasteiger partial charge < -0.3 is 15.4 Å². The van der Waals surface area contributed by atoms with Gasteiger partial charge in [0, 0.05) is 18.3 Å². The number of hydrogen-bond acceptors (Lipinski definition) is 3. The minimum absolute atomic E-state index is 0.112. The van der Waals surface area contributed by atoms with Crippen LogP contribution in [0.2, 0.25) is 0 Å². The zero-order valence-corrected chi connectivity index (χ0v) is 14.9. The van der Waals surface area contributed by atoms with Crippen LogP contribution in [0.3, 0.4) is 0 Å². The highest BCUT2D eigenvalue weighted by molar-refractivity contribution is 5.97. The topological polar surface area (TPSA) is 67.4 Å². The number of rotatable bonds is 6. The van der Waals surface area contributed by atoms with Crippen molar-refractivity contribution >= 4 is 17.5 Å². The van der Waals surface area contributed by atoms with Crippen molar-refractivity contribution in [2.24, 2.45) is 0 Å². The average Bonchev–Trinajstić information content (AvgIpc) is 2.61. The first kappa shape index (κ1) is 18.5. The number of nitrogens with one attached hydrogen (secondary N) is 2. The molecule has 1 atom stereocenters. The summed E-state index contributed by atoms with van der Waals surface area (Å²) in [5, 5.41) is 5.53. The standard InChI is InChI=1S/C19H28N2O3/c1-4-17(24-15-8-6-5-7-9-15)19(23)21-16-11-10-14(12-13(16)2)18(22)20-3/h10-12,15,17H,4-9H2,1-3H3,(H,20,22)(H,21,23). The summed E-state index contributed by atoms with van der Waals surface area (Å²) in [6, 6.07) is 5.26. The molecule has 1 fully saturated rings. The van der Waals surface area contributed by atoms with E-state index in [0.717, 1.165) is 24.1 Å². The van der Waals surface area contributed by atoms with Crippen molar-refractivity contribution < 1.29 is 14.3 Å². The second-order valence-electron chi connectivity index (χ2n) is 6.39. The van der Waals surface area contributed by atoms with Crippen LogP contribution in [-0.4, -0.2) is 31.1 Å². The highest BCUT2D eigenvalue weighted by atomic mass is 16.5. The molecule has 1 saturated carbocycles. The Hall–Kier alpha value is -1.88. The van der Waals surface area contributed by atoms with E-state index in [1.54, 1.807) is 25.2 Å². The Kier molecular flexibility index (Phi) is 6.79. The van der Waals surface area contributed by atoms with Crippen molar-refractivity contribution in [3.05, 3.63) is 29.3 Å². The van der Waals surface area contributed by atoms with Gasteiger partial charge in [0.15, 0.2) is 0 Å². The molecule has 0 aromatic heterocycles. The first-order valence-electron chi connectivity index (χ1n) is 8.84. The van der Waals surface area contributed by atoms with Crippen molar-refractivity contribution in [1.29, 1.82) is 0 Å². The Morgan fingerprint density at radius 2 is 1.96 bits per heavy atom. The third-order valence-corrected chi connectivity index (χ3v) is 4.55. The Bertz CT molecular complexity index is 580. The molecule has 1 aromatic rings. The molecule has 2 rings (SSSR count). The quantitative estimate of drug-likeness (QED) is 0.839. The summed E-state index contributed by atoms with van der Waals surface area (Å²) in [5.41, 5.74) is 2.16. The second-order valence-corrected chi connectivity index (χ2v) is 6.39. The van der Waals surface area contributed by atoms with E-state index in [0.29, 0.717) is 12.0 Å². The van der Waals surface area contributed by atoms with Gasteiger partial charge in [-0.25, -0.2) is 0 Å². The van der Waals surface area contributed by atoms with Crippen LogP contribution in [0.5, 0.6) is 0 Å². The molecule has 0 aliphatic heterocycles. The van der Waals surface area contributed by atoms with Crippen LogP contribution in [0.4, 0.5) is 5.69 Å². The summed E-state index contributed by atoms with van der Waals surface area (Å²) in [7, 11) is 1.60. The van der Waals surface area contributed by atoms with Crippen molar-refractivity contribution in [3.8, 4) is 0 Å². The fraction of sp³-hybridized carbons (Fsp3) is 0.579. The van der Waals surface area contributed by atoms with Gasteiger partial charge in [0.25, 0.3) is 11.8 Å². The first-order chi connectivity index (χ1) is 11.5. The number of hydrogen-bond donors (Lipinski definition) is 2. The molecule has 1 unspecified atom stereocenters. The van der Waals surface area contributed by atoms with Gasteiger partial charge >= 0.3 is 0 Å². The van der Waals surface area contributed by atoms with Gasteiger partial charge in [0.2, 0.25) is 0 Å². The lowest BCUT2D eigenvalue weighted by molar-refractivity contribution is -0.132. The number of ether oxygens (including phenoxy) is 1. The van der Waals surface area contributed by atoms with Gasteiger partial charge in [-0.3, -0.25) is 9.59 Å². The van der Waals surface area contributed by atoms with Crippen molar-refractivity contribution in [1.82, 2.24) is 5.32 Å². The minimum Gasteiger partial charge on any atom is -0.365 e. The van der Waals surface area contributed by atoms with Gasteiger partial charge in [0.05, 0.1) is 6.10 Å². The molecular formula is C19H28N2O3. The van der Waals surface area contributed by atoms with Gasteiger partial charge in [-0.1, -0.05) is 26.2 Å². The van der Waals surface area contributed by atoms with Gasteiger partial charge in [-0.05, 0) is 49.9 Å². The summed E-state index contributed by atoms with van der Waals surface area (Å²) in [6.45, 7) is 3.85. The monoisotopic (exact) mass is 332 g/mol. The zero-order valence-electron chi connectivity index (χ0n) is 14.9. The predicted molar refractivity (Wildman–Crippen MR) is 95.2 cm³/mol. The third kappa shape index (κ3) is 4.81. The second kappa shape index (κ2) is 8.83. The maximum atomic E-state index is 12.5. The van der Waals surface area contributed by atoms with Gasteiger partial charge in [0.1, 0.15) is 6.10 Å². The average molecular weight is 332 g/mol. The number of anilines is 1. The summed E-state index contributed by atoms with van der Waals surface area (Å²) in [4.78, 5) is 24.2. The van der Waals surface area contributed by atoms with Crippen LogP contribution in [0.15, 0.2) is 18.2 Å². The van der Waals surface area contributed by atoms with Gasteiger partial charge in [-0.15, -0.1) is 0 Å².